The predicted molar refractivity (Wildman–Crippen MR) is 91.3 cm³/mol. The number of morpholine rings is 1. The smallest absolute Gasteiger partial charge is 0.243 e. The van der Waals surface area contributed by atoms with Gasteiger partial charge in [-0.05, 0) is 31.9 Å². The Labute approximate surface area is 142 Å². The third-order valence-corrected chi connectivity index (χ3v) is 4.00. The first-order valence-electron chi connectivity index (χ1n) is 7.89. The van der Waals surface area contributed by atoms with Crippen molar-refractivity contribution in [1.82, 2.24) is 15.2 Å². The minimum absolute atomic E-state index is 0.0405. The van der Waals surface area contributed by atoms with E-state index in [9.17, 15) is 4.79 Å². The molecule has 2 heterocycles. The molecule has 0 bridgehead atoms. The van der Waals surface area contributed by atoms with Crippen molar-refractivity contribution in [2.75, 3.05) is 26.2 Å². The maximum Gasteiger partial charge on any atom is 0.243 e. The molecule has 2 rings (SSSR count). The van der Waals surface area contributed by atoms with Gasteiger partial charge in [0.05, 0.1) is 17.7 Å². The fourth-order valence-corrected chi connectivity index (χ4v) is 2.72. The number of rotatable bonds is 6. The third-order valence-electron chi connectivity index (χ3n) is 3.66. The summed E-state index contributed by atoms with van der Waals surface area (Å²) in [5.41, 5.74) is 2.08. The lowest BCUT2D eigenvalue weighted by molar-refractivity contribution is -0.116. The van der Waals surface area contributed by atoms with Gasteiger partial charge in [0.1, 0.15) is 0 Å². The second kappa shape index (κ2) is 9.01. The van der Waals surface area contributed by atoms with E-state index in [2.05, 4.69) is 15.2 Å². The largest absolute Gasteiger partial charge is 0.375 e. The van der Waals surface area contributed by atoms with Crippen molar-refractivity contribution >= 4 is 17.5 Å². The lowest BCUT2D eigenvalue weighted by atomic mass is 10.1. The van der Waals surface area contributed by atoms with Crippen LogP contribution in [0.15, 0.2) is 30.1 Å². The average Bonchev–Trinajstić information content (AvgIpc) is 2.49. The van der Waals surface area contributed by atoms with Crippen LogP contribution in [0, 0.1) is 0 Å². The number of amides is 1. The molecule has 1 unspecified atom stereocenters. The van der Waals surface area contributed by atoms with E-state index in [-0.39, 0.29) is 12.0 Å². The van der Waals surface area contributed by atoms with Crippen LogP contribution < -0.4 is 5.32 Å². The van der Waals surface area contributed by atoms with Gasteiger partial charge in [-0.25, -0.2) is 0 Å². The lowest BCUT2D eigenvalue weighted by Crippen LogP contribution is -2.43. The minimum atomic E-state index is -0.0405. The van der Waals surface area contributed by atoms with Crippen molar-refractivity contribution in [2.24, 2.45) is 0 Å². The highest BCUT2D eigenvalue weighted by Crippen LogP contribution is 2.18. The molecule has 1 saturated heterocycles. The Balaban J connectivity index is 1.76. The van der Waals surface area contributed by atoms with Crippen molar-refractivity contribution in [2.45, 2.75) is 32.9 Å². The van der Waals surface area contributed by atoms with E-state index in [0.29, 0.717) is 18.2 Å². The van der Waals surface area contributed by atoms with Gasteiger partial charge in [0, 0.05) is 44.6 Å². The summed E-state index contributed by atoms with van der Waals surface area (Å²) in [6.07, 6.45) is 5.99. The molecule has 0 radical (unpaired) electrons. The summed E-state index contributed by atoms with van der Waals surface area (Å²) in [5, 5.41) is 3.59. The van der Waals surface area contributed by atoms with Gasteiger partial charge >= 0.3 is 0 Å². The summed E-state index contributed by atoms with van der Waals surface area (Å²) in [6.45, 7) is 7.67. The molecule has 0 spiro atoms. The first-order valence-corrected chi connectivity index (χ1v) is 8.27. The molecule has 5 nitrogen and oxygen atoms in total. The Morgan fingerprint density at radius 2 is 2.39 bits per heavy atom. The van der Waals surface area contributed by atoms with Crippen molar-refractivity contribution in [3.05, 3.63) is 40.7 Å². The molecule has 1 aliphatic rings. The van der Waals surface area contributed by atoms with Gasteiger partial charge in [0.15, 0.2) is 0 Å². The van der Waals surface area contributed by atoms with Crippen molar-refractivity contribution in [3.63, 3.8) is 0 Å². The molecule has 1 aromatic rings. The number of carbonyl (C=O) groups excluding carboxylic acids is 1. The molecule has 1 N–H and O–H groups in total. The summed E-state index contributed by atoms with van der Waals surface area (Å²) in [5.74, 6) is -0.0405. The molecular formula is C17H24ClN3O2. The molecule has 6 heteroatoms. The van der Waals surface area contributed by atoms with E-state index < -0.39 is 0 Å². The van der Waals surface area contributed by atoms with Crippen LogP contribution in [0.3, 0.4) is 0 Å². The molecule has 1 atom stereocenters. The molecule has 126 valence electrons. The van der Waals surface area contributed by atoms with Crippen molar-refractivity contribution in [1.29, 1.82) is 0 Å². The molecule has 0 aliphatic carbocycles. The molecular weight excluding hydrogens is 314 g/mol. The third kappa shape index (κ3) is 6.29. The number of hydrogen-bond acceptors (Lipinski definition) is 4. The molecule has 1 fully saturated rings. The summed E-state index contributed by atoms with van der Waals surface area (Å²) in [6, 6.07) is 1.95. The Hall–Kier alpha value is -1.43. The highest BCUT2D eigenvalue weighted by molar-refractivity contribution is 6.31. The molecule has 1 aliphatic heterocycles. The maximum absolute atomic E-state index is 11.6. The van der Waals surface area contributed by atoms with E-state index >= 15 is 0 Å². The van der Waals surface area contributed by atoms with E-state index in [4.69, 9.17) is 16.3 Å². The second-order valence-electron chi connectivity index (χ2n) is 6.00. The quantitative estimate of drug-likeness (QED) is 0.810. The fourth-order valence-electron chi connectivity index (χ4n) is 2.54. The maximum atomic E-state index is 11.6. The van der Waals surface area contributed by atoms with Gasteiger partial charge in [-0.1, -0.05) is 17.2 Å². The van der Waals surface area contributed by atoms with Gasteiger partial charge < -0.3 is 10.1 Å². The number of hydrogen-bond donors (Lipinski definition) is 1. The molecule has 1 amide bonds. The van der Waals surface area contributed by atoms with Gasteiger partial charge in [-0.2, -0.15) is 0 Å². The number of carbonyl (C=O) groups is 1. The first kappa shape index (κ1) is 17.9. The summed E-state index contributed by atoms with van der Waals surface area (Å²) < 4.78 is 5.79. The van der Waals surface area contributed by atoms with E-state index in [1.54, 1.807) is 18.5 Å². The van der Waals surface area contributed by atoms with Crippen LogP contribution >= 0.6 is 11.6 Å². The topological polar surface area (TPSA) is 54.5 Å². The molecule has 1 aromatic heterocycles. The summed E-state index contributed by atoms with van der Waals surface area (Å²) >= 11 is 6.17. The minimum Gasteiger partial charge on any atom is -0.375 e. The van der Waals surface area contributed by atoms with E-state index in [0.717, 1.165) is 37.2 Å². The Morgan fingerprint density at radius 1 is 1.57 bits per heavy atom. The van der Waals surface area contributed by atoms with Crippen LogP contribution in [0.2, 0.25) is 5.02 Å². The summed E-state index contributed by atoms with van der Waals surface area (Å²) in [4.78, 5) is 17.9. The standard InChI is InChI=1S/C17H24ClN3O2/c1-13(2)9-17(22)20-6-4-15-12-21(7-8-23-15)11-14-3-5-19-10-16(14)18/h3,5,9-10,15H,4,6-8,11-12H2,1-2H3,(H,20,22). The zero-order chi connectivity index (χ0) is 16.7. The number of aromatic nitrogens is 1. The average molecular weight is 338 g/mol. The Kier molecular flexibility index (Phi) is 7.02. The lowest BCUT2D eigenvalue weighted by Gasteiger charge is -2.33. The SMILES string of the molecule is CC(C)=CC(=O)NCCC1CN(Cc2ccncc2Cl)CCO1. The monoisotopic (exact) mass is 337 g/mol. The summed E-state index contributed by atoms with van der Waals surface area (Å²) in [7, 11) is 0. The zero-order valence-electron chi connectivity index (χ0n) is 13.7. The second-order valence-corrected chi connectivity index (χ2v) is 6.40. The Bertz CT molecular complexity index is 559. The highest BCUT2D eigenvalue weighted by atomic mass is 35.5. The Morgan fingerprint density at radius 3 is 3.13 bits per heavy atom. The number of pyridine rings is 1. The van der Waals surface area contributed by atoms with Crippen LogP contribution in [0.4, 0.5) is 0 Å². The number of nitrogens with one attached hydrogen (secondary N) is 1. The molecule has 23 heavy (non-hydrogen) atoms. The highest BCUT2D eigenvalue weighted by Gasteiger charge is 2.21. The predicted octanol–water partition coefficient (Wildman–Crippen LogP) is 2.41. The van der Waals surface area contributed by atoms with Crippen LogP contribution in [-0.4, -0.2) is 48.1 Å². The first-order chi connectivity index (χ1) is 11.0. The number of allylic oxidation sites excluding steroid dienone is 1. The van der Waals surface area contributed by atoms with Crippen LogP contribution in [0.5, 0.6) is 0 Å². The number of ether oxygens (including phenoxy) is 1. The van der Waals surface area contributed by atoms with Crippen LogP contribution in [0.25, 0.3) is 0 Å². The zero-order valence-corrected chi connectivity index (χ0v) is 14.5. The normalized spacial score (nSPS) is 18.5. The number of nitrogens with zero attached hydrogens (tertiary/aromatic N) is 2. The van der Waals surface area contributed by atoms with E-state index in [1.165, 1.54) is 0 Å². The van der Waals surface area contributed by atoms with Crippen LogP contribution in [-0.2, 0) is 16.1 Å². The van der Waals surface area contributed by atoms with Gasteiger partial charge in [0.2, 0.25) is 5.91 Å². The van der Waals surface area contributed by atoms with Crippen molar-refractivity contribution in [3.8, 4) is 0 Å². The van der Waals surface area contributed by atoms with Gasteiger partial charge in [0.25, 0.3) is 0 Å². The fraction of sp³-hybridized carbons (Fsp3) is 0.529. The van der Waals surface area contributed by atoms with E-state index in [1.807, 2.05) is 19.9 Å². The van der Waals surface area contributed by atoms with Crippen LogP contribution in [0.1, 0.15) is 25.8 Å². The molecule has 0 saturated carbocycles. The van der Waals surface area contributed by atoms with Crippen molar-refractivity contribution < 1.29 is 9.53 Å². The molecule has 0 aromatic carbocycles. The van der Waals surface area contributed by atoms with Gasteiger partial charge in [-0.3, -0.25) is 14.7 Å². The van der Waals surface area contributed by atoms with Gasteiger partial charge in [-0.15, -0.1) is 0 Å². The number of halogens is 1.